The lowest BCUT2D eigenvalue weighted by atomic mass is 9.99. The highest BCUT2D eigenvalue weighted by Crippen LogP contribution is 2.34. The molecule has 19 heavy (non-hydrogen) atoms. The molecule has 0 N–H and O–H groups in total. The topological polar surface area (TPSA) is 0 Å². The Morgan fingerprint density at radius 2 is 1.79 bits per heavy atom. The highest BCUT2D eigenvalue weighted by atomic mass is 35.5. The molecular formula is C16H13ClF2. The summed E-state index contributed by atoms with van der Waals surface area (Å²) in [6, 6.07) is 10.1. The molecule has 0 saturated heterocycles. The Morgan fingerprint density at radius 3 is 2.63 bits per heavy atom. The summed E-state index contributed by atoms with van der Waals surface area (Å²) < 4.78 is 27.0. The van der Waals surface area contributed by atoms with Crippen molar-refractivity contribution in [3.8, 4) is 0 Å². The highest BCUT2D eigenvalue weighted by molar-refractivity contribution is 6.22. The van der Waals surface area contributed by atoms with Gasteiger partial charge in [0.25, 0.3) is 0 Å². The van der Waals surface area contributed by atoms with Gasteiger partial charge in [-0.3, -0.25) is 0 Å². The molecule has 0 aromatic heterocycles. The molecule has 0 heterocycles. The third-order valence-electron chi connectivity index (χ3n) is 3.67. The van der Waals surface area contributed by atoms with E-state index in [1.807, 2.05) is 18.2 Å². The molecule has 0 saturated carbocycles. The summed E-state index contributed by atoms with van der Waals surface area (Å²) in [5, 5.41) is -0.651. The van der Waals surface area contributed by atoms with Crippen LogP contribution in [0.25, 0.3) is 0 Å². The van der Waals surface area contributed by atoms with E-state index in [9.17, 15) is 8.78 Å². The van der Waals surface area contributed by atoms with Crippen LogP contribution in [-0.2, 0) is 12.8 Å². The van der Waals surface area contributed by atoms with Crippen molar-refractivity contribution in [3.63, 3.8) is 0 Å². The molecule has 0 fully saturated rings. The zero-order chi connectivity index (χ0) is 13.4. The summed E-state index contributed by atoms with van der Waals surface area (Å²) in [6.45, 7) is 0. The summed E-state index contributed by atoms with van der Waals surface area (Å²) in [6.07, 6.45) is 3.29. The Balaban J connectivity index is 2.00. The summed E-state index contributed by atoms with van der Waals surface area (Å²) in [5.74, 6) is -1.72. The molecule has 0 amide bonds. The number of aryl methyl sites for hydroxylation is 2. The van der Waals surface area contributed by atoms with Gasteiger partial charge in [0.1, 0.15) is 0 Å². The van der Waals surface area contributed by atoms with E-state index in [4.69, 9.17) is 11.6 Å². The smallest absolute Gasteiger partial charge is 0.163 e. The lowest BCUT2D eigenvalue weighted by Crippen LogP contribution is -2.00. The predicted molar refractivity (Wildman–Crippen MR) is 72.5 cm³/mol. The van der Waals surface area contributed by atoms with E-state index in [1.54, 1.807) is 0 Å². The number of halogens is 3. The van der Waals surface area contributed by atoms with Crippen molar-refractivity contribution in [1.29, 1.82) is 0 Å². The van der Waals surface area contributed by atoms with Crippen LogP contribution in [0.15, 0.2) is 36.4 Å². The minimum atomic E-state index is -0.858. The van der Waals surface area contributed by atoms with Gasteiger partial charge in [-0.05, 0) is 42.0 Å². The van der Waals surface area contributed by atoms with Crippen LogP contribution in [0.5, 0.6) is 0 Å². The first-order chi connectivity index (χ1) is 9.16. The number of fused-ring (bicyclic) bond motifs is 1. The molecule has 98 valence electrons. The maximum atomic E-state index is 13.8. The second kappa shape index (κ2) is 4.93. The maximum Gasteiger partial charge on any atom is 0.163 e. The predicted octanol–water partition coefficient (Wildman–Crippen LogP) is 4.78. The van der Waals surface area contributed by atoms with Crippen LogP contribution in [0.3, 0.4) is 0 Å². The molecule has 3 heteroatoms. The average Bonchev–Trinajstić information content (AvgIpc) is 2.88. The molecule has 1 aliphatic rings. The first kappa shape index (κ1) is 12.6. The molecule has 2 aromatic rings. The van der Waals surface area contributed by atoms with Crippen LogP contribution in [0.4, 0.5) is 8.78 Å². The second-order valence-corrected chi connectivity index (χ2v) is 5.32. The number of alkyl halides is 1. The van der Waals surface area contributed by atoms with Crippen LogP contribution in [0.1, 0.15) is 34.1 Å². The summed E-state index contributed by atoms with van der Waals surface area (Å²) in [4.78, 5) is 0. The molecule has 2 aromatic carbocycles. The van der Waals surface area contributed by atoms with Crippen molar-refractivity contribution in [1.82, 2.24) is 0 Å². The molecule has 1 unspecified atom stereocenters. The van der Waals surface area contributed by atoms with Gasteiger partial charge < -0.3 is 0 Å². The fraction of sp³-hybridized carbons (Fsp3) is 0.250. The Morgan fingerprint density at radius 1 is 1.00 bits per heavy atom. The van der Waals surface area contributed by atoms with Gasteiger partial charge >= 0.3 is 0 Å². The molecule has 0 spiro atoms. The molecule has 0 aliphatic heterocycles. The Bertz CT molecular complexity index is 622. The van der Waals surface area contributed by atoms with Crippen molar-refractivity contribution in [2.24, 2.45) is 0 Å². The van der Waals surface area contributed by atoms with Gasteiger partial charge in [0.2, 0.25) is 0 Å². The molecule has 0 radical (unpaired) electrons. The van der Waals surface area contributed by atoms with Crippen molar-refractivity contribution in [3.05, 3.63) is 70.3 Å². The number of hydrogen-bond donors (Lipinski definition) is 0. The van der Waals surface area contributed by atoms with Gasteiger partial charge in [-0.2, -0.15) is 0 Å². The van der Waals surface area contributed by atoms with E-state index in [1.165, 1.54) is 23.3 Å². The summed E-state index contributed by atoms with van der Waals surface area (Å²) in [5.41, 5.74) is 3.64. The van der Waals surface area contributed by atoms with Crippen molar-refractivity contribution in [2.75, 3.05) is 0 Å². The standard InChI is InChI=1S/C16H13ClF2/c17-15(13-5-2-6-14(18)16(13)19)12-8-7-10-3-1-4-11(10)9-12/h2,5-9,15H,1,3-4H2. The molecule has 0 bridgehead atoms. The Labute approximate surface area is 116 Å². The first-order valence-electron chi connectivity index (χ1n) is 6.36. The van der Waals surface area contributed by atoms with Crippen LogP contribution in [0, 0.1) is 11.6 Å². The molecule has 0 nitrogen and oxygen atoms in total. The van der Waals surface area contributed by atoms with E-state index < -0.39 is 17.0 Å². The average molecular weight is 279 g/mol. The fourth-order valence-corrected chi connectivity index (χ4v) is 2.95. The minimum absolute atomic E-state index is 0.194. The van der Waals surface area contributed by atoms with E-state index in [2.05, 4.69) is 0 Å². The SMILES string of the molecule is Fc1cccc(C(Cl)c2ccc3c(c2)CCC3)c1F. The third-order valence-corrected chi connectivity index (χ3v) is 4.16. The van der Waals surface area contributed by atoms with E-state index in [0.717, 1.165) is 30.9 Å². The van der Waals surface area contributed by atoms with Crippen LogP contribution < -0.4 is 0 Å². The zero-order valence-corrected chi connectivity index (χ0v) is 11.1. The normalized spacial score (nSPS) is 15.3. The van der Waals surface area contributed by atoms with Gasteiger partial charge in [-0.15, -0.1) is 11.6 Å². The van der Waals surface area contributed by atoms with Crippen molar-refractivity contribution < 1.29 is 8.78 Å². The maximum absolute atomic E-state index is 13.8. The van der Waals surface area contributed by atoms with Crippen molar-refractivity contribution in [2.45, 2.75) is 24.6 Å². The van der Waals surface area contributed by atoms with Gasteiger partial charge in [0.05, 0.1) is 5.38 Å². The molecule has 1 aliphatic carbocycles. The largest absolute Gasteiger partial charge is 0.204 e. The molecule has 3 rings (SSSR count). The van der Waals surface area contributed by atoms with Crippen LogP contribution in [0.2, 0.25) is 0 Å². The Hall–Kier alpha value is -1.41. The number of rotatable bonds is 2. The summed E-state index contributed by atoms with van der Waals surface area (Å²) >= 11 is 6.30. The number of benzene rings is 2. The van der Waals surface area contributed by atoms with E-state index >= 15 is 0 Å². The Kier molecular flexibility index (Phi) is 3.28. The second-order valence-electron chi connectivity index (χ2n) is 4.89. The van der Waals surface area contributed by atoms with Gasteiger partial charge in [0, 0.05) is 5.56 Å². The first-order valence-corrected chi connectivity index (χ1v) is 6.80. The quantitative estimate of drug-likeness (QED) is 0.694. The van der Waals surface area contributed by atoms with Crippen LogP contribution in [-0.4, -0.2) is 0 Å². The van der Waals surface area contributed by atoms with E-state index in [-0.39, 0.29) is 5.56 Å². The van der Waals surface area contributed by atoms with Crippen molar-refractivity contribution >= 4 is 11.6 Å². The van der Waals surface area contributed by atoms with Gasteiger partial charge in [0.15, 0.2) is 11.6 Å². The number of hydrogen-bond acceptors (Lipinski definition) is 0. The lowest BCUT2D eigenvalue weighted by molar-refractivity contribution is 0.500. The zero-order valence-electron chi connectivity index (χ0n) is 10.3. The van der Waals surface area contributed by atoms with Gasteiger partial charge in [-0.25, -0.2) is 8.78 Å². The van der Waals surface area contributed by atoms with Gasteiger partial charge in [-0.1, -0.05) is 30.3 Å². The third kappa shape index (κ3) is 2.25. The molecular weight excluding hydrogens is 266 g/mol. The summed E-state index contributed by atoms with van der Waals surface area (Å²) in [7, 11) is 0. The molecule has 1 atom stereocenters. The lowest BCUT2D eigenvalue weighted by Gasteiger charge is -2.13. The minimum Gasteiger partial charge on any atom is -0.204 e. The van der Waals surface area contributed by atoms with Crippen LogP contribution >= 0.6 is 11.6 Å². The van der Waals surface area contributed by atoms with E-state index in [0.29, 0.717) is 0 Å². The highest BCUT2D eigenvalue weighted by Gasteiger charge is 2.19. The fourth-order valence-electron chi connectivity index (χ4n) is 2.65. The monoisotopic (exact) mass is 278 g/mol.